The first kappa shape index (κ1) is 36.3. The Hall–Kier alpha value is -3.17. The van der Waals surface area contributed by atoms with Crippen molar-refractivity contribution in [2.75, 3.05) is 13.1 Å². The molecule has 10 nitrogen and oxygen atoms in total. The Labute approximate surface area is 270 Å². The Bertz CT molecular complexity index is 1150. The molecular weight excluding hydrogens is 570 g/mol. The van der Waals surface area contributed by atoms with Crippen LogP contribution in [0.1, 0.15) is 99.8 Å². The summed E-state index contributed by atoms with van der Waals surface area (Å²) in [5.41, 5.74) is -0.644. The van der Waals surface area contributed by atoms with E-state index in [9.17, 15) is 24.0 Å². The molecule has 4 N–H and O–H groups in total. The van der Waals surface area contributed by atoms with Crippen molar-refractivity contribution in [3.63, 3.8) is 0 Å². The highest BCUT2D eigenvalue weighted by molar-refractivity contribution is 6.38. The number of hydrogen-bond acceptors (Lipinski definition) is 5. The third-order valence-electron chi connectivity index (χ3n) is 9.78. The number of ketones is 1. The maximum absolute atomic E-state index is 14.4. The molecule has 10 heteroatoms. The highest BCUT2D eigenvalue weighted by atomic mass is 16.2. The maximum atomic E-state index is 14.4. The number of Topliss-reactive ketones (excluding diaryl/α,β-unsaturated/α-hetero) is 1. The molecule has 0 unspecified atom stereocenters. The monoisotopic (exact) mass is 627 g/mol. The number of rotatable bonds is 14. The average Bonchev–Trinajstić information content (AvgIpc) is 3.27. The van der Waals surface area contributed by atoms with Gasteiger partial charge in [-0.05, 0) is 74.5 Å². The van der Waals surface area contributed by atoms with E-state index in [1.165, 1.54) is 6.08 Å². The van der Waals surface area contributed by atoms with Gasteiger partial charge in [-0.25, -0.2) is 4.79 Å². The number of carbonyl (C=O) groups excluding carboxylic acids is 5. The number of hydrogen-bond donors (Lipinski definition) is 4. The molecule has 252 valence electrons. The molecule has 3 fully saturated rings. The van der Waals surface area contributed by atoms with E-state index in [0.29, 0.717) is 13.0 Å². The molecule has 5 atom stereocenters. The van der Waals surface area contributed by atoms with Crippen LogP contribution in [0.2, 0.25) is 0 Å². The third kappa shape index (κ3) is 9.19. The normalized spacial score (nSPS) is 24.0. The van der Waals surface area contributed by atoms with Crippen LogP contribution in [0.5, 0.6) is 0 Å². The molecule has 1 heterocycles. The van der Waals surface area contributed by atoms with Gasteiger partial charge in [-0.2, -0.15) is 0 Å². The molecular formula is C35H57N5O5. The number of nitrogens with one attached hydrogen (secondary N) is 4. The zero-order valence-corrected chi connectivity index (χ0v) is 28.6. The molecule has 3 rings (SSSR count). The molecule has 5 amide bonds. The first-order valence-electron chi connectivity index (χ1n) is 16.7. The van der Waals surface area contributed by atoms with Gasteiger partial charge in [0.2, 0.25) is 17.6 Å². The largest absolute Gasteiger partial charge is 0.346 e. The minimum atomic E-state index is -1.05. The van der Waals surface area contributed by atoms with Crippen LogP contribution >= 0.6 is 0 Å². The van der Waals surface area contributed by atoms with E-state index < -0.39 is 41.3 Å². The number of urea groups is 1. The summed E-state index contributed by atoms with van der Waals surface area (Å²) in [5.74, 6) is -2.24. The van der Waals surface area contributed by atoms with Gasteiger partial charge in [-0.3, -0.25) is 19.2 Å². The van der Waals surface area contributed by atoms with E-state index in [2.05, 4.69) is 69.0 Å². The Balaban J connectivity index is 1.85. The smallest absolute Gasteiger partial charge is 0.315 e. The molecule has 2 saturated carbocycles. The predicted octanol–water partition coefficient (Wildman–Crippen LogP) is 4.25. The zero-order valence-electron chi connectivity index (χ0n) is 28.6. The molecule has 2 aliphatic carbocycles. The van der Waals surface area contributed by atoms with Crippen molar-refractivity contribution in [3.05, 3.63) is 25.3 Å². The number of amides is 5. The molecule has 0 aromatic rings. The summed E-state index contributed by atoms with van der Waals surface area (Å²) in [6.07, 6.45) is 9.19. The van der Waals surface area contributed by atoms with Gasteiger partial charge in [-0.1, -0.05) is 66.0 Å². The lowest BCUT2D eigenvalue weighted by Gasteiger charge is -2.38. The molecule has 0 bridgehead atoms. The predicted molar refractivity (Wildman–Crippen MR) is 176 cm³/mol. The Morgan fingerprint density at radius 2 is 1.60 bits per heavy atom. The highest BCUT2D eigenvalue weighted by Gasteiger charge is 2.69. The lowest BCUT2D eigenvalue weighted by molar-refractivity contribution is -0.144. The van der Waals surface area contributed by atoms with Crippen molar-refractivity contribution in [2.45, 2.75) is 123 Å². The molecule has 0 aromatic heterocycles. The lowest BCUT2D eigenvalue weighted by Crippen LogP contribution is -2.61. The van der Waals surface area contributed by atoms with Crippen LogP contribution in [0.3, 0.4) is 0 Å². The van der Waals surface area contributed by atoms with Gasteiger partial charge in [0.1, 0.15) is 12.1 Å². The van der Waals surface area contributed by atoms with Gasteiger partial charge in [0.05, 0.1) is 6.04 Å². The summed E-state index contributed by atoms with van der Waals surface area (Å²) in [7, 11) is 0. The van der Waals surface area contributed by atoms with Crippen molar-refractivity contribution in [3.8, 4) is 0 Å². The third-order valence-corrected chi connectivity index (χ3v) is 9.78. The first-order chi connectivity index (χ1) is 20.9. The van der Waals surface area contributed by atoms with Crippen LogP contribution in [0, 0.1) is 28.6 Å². The van der Waals surface area contributed by atoms with Crippen LogP contribution in [0.25, 0.3) is 0 Å². The van der Waals surface area contributed by atoms with E-state index in [-0.39, 0.29) is 53.5 Å². The number of allylic oxidation sites excluding steroid dienone is 1. The molecule has 0 spiro atoms. The van der Waals surface area contributed by atoms with Crippen LogP contribution < -0.4 is 21.3 Å². The number of piperidine rings is 1. The number of fused-ring (bicyclic) bond motifs is 1. The fourth-order valence-electron chi connectivity index (χ4n) is 7.92. The minimum absolute atomic E-state index is 0.00340. The lowest BCUT2D eigenvalue weighted by atomic mass is 9.81. The van der Waals surface area contributed by atoms with Gasteiger partial charge in [0, 0.05) is 18.6 Å². The Kier molecular flexibility index (Phi) is 11.7. The molecule has 1 aliphatic heterocycles. The Morgan fingerprint density at radius 1 is 0.956 bits per heavy atom. The highest BCUT2D eigenvalue weighted by Crippen LogP contribution is 2.65. The second-order valence-electron chi connectivity index (χ2n) is 15.8. The molecule has 0 aromatic carbocycles. The summed E-state index contributed by atoms with van der Waals surface area (Å²) in [5, 5.41) is 11.4. The number of nitrogens with zero attached hydrogens (tertiary/aromatic N) is 1. The van der Waals surface area contributed by atoms with E-state index in [1.54, 1.807) is 11.0 Å². The topological polar surface area (TPSA) is 137 Å². The van der Waals surface area contributed by atoms with Crippen LogP contribution in [0.4, 0.5) is 4.79 Å². The van der Waals surface area contributed by atoms with Crippen molar-refractivity contribution < 1.29 is 24.0 Å². The molecule has 3 aliphatic rings. The zero-order chi connectivity index (χ0) is 33.7. The standard InChI is InChI=1S/C35H57N5O5/c1-10-12-18-24(28(41)30(43)36-19-11-2)37-29(42)27-25-23(35(25,8)9)20-40(27)31(44)26(22-16-14-13-15-17-22)38-32(45)39-34(6,7)21-33(3,4)5/h10-11,22-27H,1-2,12-21H2,3-9H3,(H,36,43)(H,37,42)(H2,38,39,45)/t23-,24-,25-,26-,27-/m0/s1. The van der Waals surface area contributed by atoms with Crippen molar-refractivity contribution >= 4 is 29.5 Å². The SMILES string of the molecule is C=CCC[C@H](NC(=O)[C@@H]1[C@@H]2[C@H](CN1C(=O)[C@@H](NC(=O)NC(C)(C)CC(C)(C)C)C1CCCCC1)C2(C)C)C(=O)C(=O)NCC=C. The fourth-order valence-corrected chi connectivity index (χ4v) is 7.92. The van der Waals surface area contributed by atoms with Crippen LogP contribution in [0.15, 0.2) is 25.3 Å². The Morgan fingerprint density at radius 3 is 2.18 bits per heavy atom. The van der Waals surface area contributed by atoms with Crippen molar-refractivity contribution in [2.24, 2.45) is 28.6 Å². The number of likely N-dealkylation sites (tertiary alicyclic amines) is 1. The van der Waals surface area contributed by atoms with Gasteiger partial charge in [0.25, 0.3) is 5.91 Å². The van der Waals surface area contributed by atoms with E-state index >= 15 is 0 Å². The maximum Gasteiger partial charge on any atom is 0.315 e. The minimum Gasteiger partial charge on any atom is -0.346 e. The fraction of sp³-hybridized carbons (Fsp3) is 0.743. The van der Waals surface area contributed by atoms with Crippen LogP contribution in [-0.2, 0) is 19.2 Å². The van der Waals surface area contributed by atoms with Gasteiger partial charge in [0.15, 0.2) is 0 Å². The molecule has 0 radical (unpaired) electrons. The van der Waals surface area contributed by atoms with Gasteiger partial charge >= 0.3 is 6.03 Å². The van der Waals surface area contributed by atoms with Gasteiger partial charge in [-0.15, -0.1) is 13.2 Å². The van der Waals surface area contributed by atoms with Gasteiger partial charge < -0.3 is 26.2 Å². The first-order valence-corrected chi connectivity index (χ1v) is 16.7. The quantitative estimate of drug-likeness (QED) is 0.169. The van der Waals surface area contributed by atoms with E-state index in [0.717, 1.165) is 38.5 Å². The molecule has 45 heavy (non-hydrogen) atoms. The van der Waals surface area contributed by atoms with Crippen LogP contribution in [-0.4, -0.2) is 71.2 Å². The number of carbonyl (C=O) groups is 5. The molecule has 1 saturated heterocycles. The van der Waals surface area contributed by atoms with E-state index in [4.69, 9.17) is 0 Å². The summed E-state index contributed by atoms with van der Waals surface area (Å²) in [6, 6.07) is -3.02. The second-order valence-corrected chi connectivity index (χ2v) is 15.8. The second kappa shape index (κ2) is 14.5. The summed E-state index contributed by atoms with van der Waals surface area (Å²) < 4.78 is 0. The summed E-state index contributed by atoms with van der Waals surface area (Å²) in [6.45, 7) is 22.3. The van der Waals surface area contributed by atoms with E-state index in [1.807, 2.05) is 13.8 Å². The average molecular weight is 628 g/mol. The summed E-state index contributed by atoms with van der Waals surface area (Å²) in [4.78, 5) is 69.0. The van der Waals surface area contributed by atoms with Crippen molar-refractivity contribution in [1.82, 2.24) is 26.2 Å². The summed E-state index contributed by atoms with van der Waals surface area (Å²) >= 11 is 0. The van der Waals surface area contributed by atoms with Crippen molar-refractivity contribution in [1.29, 1.82) is 0 Å².